The Hall–Kier alpha value is -2.28. The molecule has 0 unspecified atom stereocenters. The molecule has 0 saturated carbocycles. The summed E-state index contributed by atoms with van der Waals surface area (Å²) in [7, 11) is 0. The summed E-state index contributed by atoms with van der Waals surface area (Å²) >= 11 is 0. The molecule has 2 N–H and O–H groups in total. The molecule has 0 atom stereocenters. The molecule has 2 aromatic rings. The van der Waals surface area contributed by atoms with Crippen molar-refractivity contribution in [3.63, 3.8) is 0 Å². The third-order valence-electron chi connectivity index (χ3n) is 2.94. The summed E-state index contributed by atoms with van der Waals surface area (Å²) in [5.74, 6) is 1.48. The Morgan fingerprint density at radius 3 is 2.56 bits per heavy atom. The number of hydrogen-bond donors (Lipinski definition) is 1. The molecule has 0 aliphatic carbocycles. The maximum Gasteiger partial charge on any atom is 0.132 e. The van der Waals surface area contributed by atoms with Crippen LogP contribution in [-0.4, -0.2) is 9.55 Å². The highest BCUT2D eigenvalue weighted by molar-refractivity contribution is 5.76. The average molecular weight is 240 g/mol. The number of benzene rings is 1. The maximum absolute atomic E-state index is 9.13. The first-order valence-corrected chi connectivity index (χ1v) is 5.90. The zero-order valence-electron chi connectivity index (χ0n) is 10.8. The van der Waals surface area contributed by atoms with Crippen molar-refractivity contribution >= 4 is 5.82 Å². The van der Waals surface area contributed by atoms with E-state index in [2.05, 4.69) is 24.9 Å². The quantitative estimate of drug-likeness (QED) is 0.877. The molecule has 0 fully saturated rings. The number of aryl methyl sites for hydroxylation is 1. The minimum atomic E-state index is 0.250. The van der Waals surface area contributed by atoms with Crippen molar-refractivity contribution in [3.05, 3.63) is 35.7 Å². The molecule has 0 aliphatic heterocycles. The fourth-order valence-electron chi connectivity index (χ4n) is 2.20. The van der Waals surface area contributed by atoms with E-state index in [0.29, 0.717) is 17.1 Å². The van der Waals surface area contributed by atoms with Gasteiger partial charge in [-0.1, -0.05) is 18.2 Å². The van der Waals surface area contributed by atoms with Gasteiger partial charge in [-0.2, -0.15) is 5.26 Å². The van der Waals surface area contributed by atoms with Gasteiger partial charge in [0.25, 0.3) is 0 Å². The number of hydrogen-bond acceptors (Lipinski definition) is 3. The van der Waals surface area contributed by atoms with Gasteiger partial charge in [-0.25, -0.2) is 4.98 Å². The number of imidazole rings is 1. The SMILES string of the molecule is Cc1nc(-c2ccccc2C#N)c(N)n1C(C)C. The molecule has 0 saturated heterocycles. The minimum absolute atomic E-state index is 0.250. The van der Waals surface area contributed by atoms with Crippen molar-refractivity contribution < 1.29 is 0 Å². The van der Waals surface area contributed by atoms with Gasteiger partial charge >= 0.3 is 0 Å². The third kappa shape index (κ3) is 1.84. The predicted molar refractivity (Wildman–Crippen MR) is 71.9 cm³/mol. The van der Waals surface area contributed by atoms with Gasteiger partial charge in [0.2, 0.25) is 0 Å². The van der Waals surface area contributed by atoms with E-state index in [1.807, 2.05) is 29.7 Å². The van der Waals surface area contributed by atoms with Crippen LogP contribution in [0.2, 0.25) is 0 Å². The van der Waals surface area contributed by atoms with E-state index in [-0.39, 0.29) is 6.04 Å². The highest BCUT2D eigenvalue weighted by Crippen LogP contribution is 2.30. The smallest absolute Gasteiger partial charge is 0.132 e. The van der Waals surface area contributed by atoms with Crippen molar-refractivity contribution in [2.75, 3.05) is 5.73 Å². The second-order valence-electron chi connectivity index (χ2n) is 4.51. The van der Waals surface area contributed by atoms with Gasteiger partial charge < -0.3 is 10.3 Å². The van der Waals surface area contributed by atoms with Crippen LogP contribution in [0.1, 0.15) is 31.3 Å². The van der Waals surface area contributed by atoms with Crippen molar-refractivity contribution in [3.8, 4) is 17.3 Å². The van der Waals surface area contributed by atoms with E-state index in [9.17, 15) is 0 Å². The van der Waals surface area contributed by atoms with Crippen molar-refractivity contribution in [1.29, 1.82) is 5.26 Å². The second-order valence-corrected chi connectivity index (χ2v) is 4.51. The normalized spacial score (nSPS) is 10.6. The number of aromatic nitrogens is 2. The van der Waals surface area contributed by atoms with Crippen molar-refractivity contribution in [2.45, 2.75) is 26.8 Å². The molecule has 0 amide bonds. The number of nitrogen functional groups attached to an aromatic ring is 1. The molecular formula is C14H16N4. The molecule has 1 heterocycles. The number of rotatable bonds is 2. The first-order chi connectivity index (χ1) is 8.56. The van der Waals surface area contributed by atoms with E-state index >= 15 is 0 Å². The van der Waals surface area contributed by atoms with Crippen LogP contribution in [0.15, 0.2) is 24.3 Å². The van der Waals surface area contributed by atoms with Gasteiger partial charge in [-0.3, -0.25) is 0 Å². The summed E-state index contributed by atoms with van der Waals surface area (Å²) < 4.78 is 1.98. The first-order valence-electron chi connectivity index (χ1n) is 5.90. The molecule has 0 spiro atoms. The summed E-state index contributed by atoms with van der Waals surface area (Å²) in [4.78, 5) is 4.50. The minimum Gasteiger partial charge on any atom is -0.383 e. The van der Waals surface area contributed by atoms with Crippen LogP contribution in [0.4, 0.5) is 5.82 Å². The Bertz CT molecular complexity index is 617. The van der Waals surface area contributed by atoms with Gasteiger partial charge in [0, 0.05) is 11.6 Å². The van der Waals surface area contributed by atoms with Gasteiger partial charge in [0.15, 0.2) is 0 Å². The lowest BCUT2D eigenvalue weighted by Crippen LogP contribution is -2.07. The van der Waals surface area contributed by atoms with Crippen LogP contribution in [0.25, 0.3) is 11.3 Å². The Balaban J connectivity index is 2.67. The van der Waals surface area contributed by atoms with Crippen LogP contribution >= 0.6 is 0 Å². The van der Waals surface area contributed by atoms with Crippen molar-refractivity contribution in [2.24, 2.45) is 0 Å². The van der Waals surface area contributed by atoms with Crippen LogP contribution < -0.4 is 5.73 Å². The molecule has 0 aliphatic rings. The monoisotopic (exact) mass is 240 g/mol. The van der Waals surface area contributed by atoms with E-state index in [1.54, 1.807) is 6.07 Å². The molecule has 1 aromatic carbocycles. The topological polar surface area (TPSA) is 67.6 Å². The highest BCUT2D eigenvalue weighted by atomic mass is 15.2. The molecule has 18 heavy (non-hydrogen) atoms. The molecular weight excluding hydrogens is 224 g/mol. The fourth-order valence-corrected chi connectivity index (χ4v) is 2.20. The predicted octanol–water partition coefficient (Wildman–Crippen LogP) is 2.89. The fraction of sp³-hybridized carbons (Fsp3) is 0.286. The molecule has 2 rings (SSSR count). The maximum atomic E-state index is 9.13. The highest BCUT2D eigenvalue weighted by Gasteiger charge is 2.17. The average Bonchev–Trinajstić information content (AvgIpc) is 2.64. The Kier molecular flexibility index (Phi) is 3.07. The molecule has 0 radical (unpaired) electrons. The molecule has 1 aromatic heterocycles. The van der Waals surface area contributed by atoms with Crippen LogP contribution in [-0.2, 0) is 0 Å². The Morgan fingerprint density at radius 1 is 1.33 bits per heavy atom. The van der Waals surface area contributed by atoms with Crippen LogP contribution in [0.5, 0.6) is 0 Å². The third-order valence-corrected chi connectivity index (χ3v) is 2.94. The zero-order valence-corrected chi connectivity index (χ0v) is 10.8. The second kappa shape index (κ2) is 4.53. The van der Waals surface area contributed by atoms with Crippen LogP contribution in [0, 0.1) is 18.3 Å². The van der Waals surface area contributed by atoms with Crippen molar-refractivity contribution in [1.82, 2.24) is 9.55 Å². The summed E-state index contributed by atoms with van der Waals surface area (Å²) in [6.07, 6.45) is 0. The largest absolute Gasteiger partial charge is 0.383 e. The number of nitrogens with zero attached hydrogens (tertiary/aromatic N) is 3. The Labute approximate surface area is 107 Å². The lowest BCUT2D eigenvalue weighted by atomic mass is 10.1. The first kappa shape index (κ1) is 12.2. The van der Waals surface area contributed by atoms with Gasteiger partial charge in [0.05, 0.1) is 11.6 Å². The standard InChI is InChI=1S/C14H16N4/c1-9(2)18-10(3)17-13(14(18)16)12-7-5-4-6-11(12)8-15/h4-7,9H,16H2,1-3H3. The van der Waals surface area contributed by atoms with E-state index in [4.69, 9.17) is 11.0 Å². The lowest BCUT2D eigenvalue weighted by Gasteiger charge is -2.11. The molecule has 4 nitrogen and oxygen atoms in total. The number of nitriles is 1. The number of nitrogens with two attached hydrogens (primary N) is 1. The van der Waals surface area contributed by atoms with E-state index in [0.717, 1.165) is 11.4 Å². The van der Waals surface area contributed by atoms with E-state index < -0.39 is 0 Å². The van der Waals surface area contributed by atoms with Gasteiger partial charge in [-0.15, -0.1) is 0 Å². The molecule has 92 valence electrons. The molecule has 0 bridgehead atoms. The lowest BCUT2D eigenvalue weighted by molar-refractivity contribution is 0.590. The summed E-state index contributed by atoms with van der Waals surface area (Å²) in [6, 6.07) is 9.80. The summed E-state index contributed by atoms with van der Waals surface area (Å²) in [6.45, 7) is 6.05. The summed E-state index contributed by atoms with van der Waals surface area (Å²) in [5, 5.41) is 9.13. The van der Waals surface area contributed by atoms with Gasteiger partial charge in [0.1, 0.15) is 17.3 Å². The van der Waals surface area contributed by atoms with Gasteiger partial charge in [-0.05, 0) is 26.8 Å². The zero-order chi connectivity index (χ0) is 13.3. The van der Waals surface area contributed by atoms with Crippen LogP contribution in [0.3, 0.4) is 0 Å². The summed E-state index contributed by atoms with van der Waals surface area (Å²) in [5.41, 5.74) is 8.23. The number of anilines is 1. The van der Waals surface area contributed by atoms with E-state index in [1.165, 1.54) is 0 Å². The molecule has 4 heteroatoms. The Morgan fingerprint density at radius 2 is 2.00 bits per heavy atom.